The number of rotatable bonds is 6. The number of hydrogen-bond donors (Lipinski definition) is 1. The quantitative estimate of drug-likeness (QED) is 0.616. The number of carbonyl (C=O) groups excluding carboxylic acids is 2. The molecule has 2 amide bonds. The average molecular weight is 428 g/mol. The number of methoxy groups -OCH3 is 1. The van der Waals surface area contributed by atoms with Gasteiger partial charge in [-0.2, -0.15) is 0 Å². The van der Waals surface area contributed by atoms with E-state index in [2.05, 4.69) is 10.3 Å². The molecule has 0 atom stereocenters. The van der Waals surface area contributed by atoms with Crippen LogP contribution in [0.25, 0.3) is 0 Å². The van der Waals surface area contributed by atoms with Crippen molar-refractivity contribution in [2.24, 2.45) is 0 Å². The van der Waals surface area contributed by atoms with Gasteiger partial charge in [0, 0.05) is 36.0 Å². The van der Waals surface area contributed by atoms with E-state index in [1.165, 1.54) is 43.3 Å². The number of ether oxygens (including phenoxy) is 1. The second-order valence-electron chi connectivity index (χ2n) is 6.39. The topological polar surface area (TPSA) is 71.5 Å². The number of aromatic nitrogens is 1. The summed E-state index contributed by atoms with van der Waals surface area (Å²) < 4.78 is 19.0. The van der Waals surface area contributed by atoms with Crippen molar-refractivity contribution in [1.82, 2.24) is 4.98 Å². The van der Waals surface area contributed by atoms with Crippen LogP contribution in [-0.2, 0) is 16.0 Å². The lowest BCUT2D eigenvalue weighted by Gasteiger charge is -2.21. The first-order chi connectivity index (χ1) is 14.4. The summed E-state index contributed by atoms with van der Waals surface area (Å²) in [6.07, 6.45) is 1.55. The molecule has 0 saturated heterocycles. The highest BCUT2D eigenvalue weighted by molar-refractivity contribution is 6.31. The van der Waals surface area contributed by atoms with Crippen LogP contribution in [0.1, 0.15) is 12.5 Å². The molecule has 0 spiro atoms. The molecule has 8 heteroatoms. The summed E-state index contributed by atoms with van der Waals surface area (Å²) in [4.78, 5) is 30.1. The molecule has 0 bridgehead atoms. The summed E-state index contributed by atoms with van der Waals surface area (Å²) in [7, 11) is 1.36. The molecule has 0 aliphatic heterocycles. The molecule has 30 heavy (non-hydrogen) atoms. The number of carbonyl (C=O) groups is 2. The number of hydrogen-bond acceptors (Lipinski definition) is 4. The van der Waals surface area contributed by atoms with Crippen molar-refractivity contribution in [2.75, 3.05) is 17.3 Å². The van der Waals surface area contributed by atoms with Crippen LogP contribution in [0.5, 0.6) is 5.75 Å². The molecule has 1 N–H and O–H groups in total. The summed E-state index contributed by atoms with van der Waals surface area (Å²) in [5.74, 6) is -0.944. The maximum Gasteiger partial charge on any atom is 0.229 e. The molecule has 6 nitrogen and oxygen atoms in total. The third-order valence-electron chi connectivity index (χ3n) is 4.28. The highest BCUT2D eigenvalue weighted by Gasteiger charge is 2.18. The maximum absolute atomic E-state index is 14.1. The van der Waals surface area contributed by atoms with Gasteiger partial charge in [0.15, 0.2) is 11.6 Å². The van der Waals surface area contributed by atoms with Crippen LogP contribution in [0.15, 0.2) is 60.8 Å². The molecule has 3 aromatic rings. The van der Waals surface area contributed by atoms with Gasteiger partial charge in [-0.1, -0.05) is 29.8 Å². The van der Waals surface area contributed by atoms with Gasteiger partial charge in [0.1, 0.15) is 5.82 Å². The number of pyridine rings is 1. The van der Waals surface area contributed by atoms with Gasteiger partial charge < -0.3 is 10.1 Å². The van der Waals surface area contributed by atoms with Gasteiger partial charge in [-0.3, -0.25) is 14.5 Å². The zero-order valence-corrected chi connectivity index (χ0v) is 17.1. The smallest absolute Gasteiger partial charge is 0.229 e. The van der Waals surface area contributed by atoms with Gasteiger partial charge in [-0.15, -0.1) is 0 Å². The van der Waals surface area contributed by atoms with E-state index in [1.54, 1.807) is 36.4 Å². The van der Waals surface area contributed by atoms with Crippen molar-refractivity contribution in [1.29, 1.82) is 0 Å². The Morgan fingerprint density at radius 3 is 2.60 bits per heavy atom. The molecule has 154 valence electrons. The number of benzene rings is 2. The minimum atomic E-state index is -0.606. The number of amides is 2. The molecule has 3 rings (SSSR count). The van der Waals surface area contributed by atoms with Crippen LogP contribution in [-0.4, -0.2) is 23.9 Å². The standard InChI is InChI=1S/C22H19ClFN3O3/c1-14(28)27(17-7-8-20(30-2)19(24)13-17)21-12-16(9-10-25-21)26-22(29)11-15-5-3-4-6-18(15)23/h3-10,12-13H,11H2,1-2H3,(H,25,26,29). The van der Waals surface area contributed by atoms with Crippen LogP contribution in [0.4, 0.5) is 21.6 Å². The lowest BCUT2D eigenvalue weighted by Crippen LogP contribution is -2.24. The fraction of sp³-hybridized carbons (Fsp3) is 0.136. The molecule has 1 aromatic heterocycles. The summed E-state index contributed by atoms with van der Waals surface area (Å²) in [6, 6.07) is 14.4. The van der Waals surface area contributed by atoms with Crippen LogP contribution >= 0.6 is 11.6 Å². The van der Waals surface area contributed by atoms with Crippen LogP contribution < -0.4 is 15.0 Å². The summed E-state index contributed by atoms with van der Waals surface area (Å²) in [5.41, 5.74) is 1.43. The molecule has 0 aliphatic carbocycles. The van der Waals surface area contributed by atoms with Crippen LogP contribution in [0.3, 0.4) is 0 Å². The molecule has 0 aliphatic rings. The van der Waals surface area contributed by atoms with E-state index in [-0.39, 0.29) is 35.5 Å². The molecular weight excluding hydrogens is 409 g/mol. The van der Waals surface area contributed by atoms with E-state index >= 15 is 0 Å². The zero-order valence-electron chi connectivity index (χ0n) is 16.4. The number of nitrogens with zero attached hydrogens (tertiary/aromatic N) is 2. The highest BCUT2D eigenvalue weighted by atomic mass is 35.5. The first kappa shape index (κ1) is 21.3. The molecule has 0 radical (unpaired) electrons. The monoisotopic (exact) mass is 427 g/mol. The zero-order chi connectivity index (χ0) is 21.7. The fourth-order valence-electron chi connectivity index (χ4n) is 2.91. The third-order valence-corrected chi connectivity index (χ3v) is 4.64. The van der Waals surface area contributed by atoms with E-state index in [0.717, 1.165) is 0 Å². The Balaban J connectivity index is 1.83. The molecule has 0 fully saturated rings. The number of nitrogens with one attached hydrogen (secondary N) is 1. The van der Waals surface area contributed by atoms with Crippen molar-refractivity contribution >= 4 is 40.6 Å². The number of halogens is 2. The Hall–Kier alpha value is -3.45. The summed E-state index contributed by atoms with van der Waals surface area (Å²) in [5, 5.41) is 3.27. The SMILES string of the molecule is COc1ccc(N(C(C)=O)c2cc(NC(=O)Cc3ccccc3Cl)ccn2)cc1F. The molecule has 0 unspecified atom stereocenters. The van der Waals surface area contributed by atoms with Crippen molar-refractivity contribution in [3.05, 3.63) is 77.2 Å². The largest absolute Gasteiger partial charge is 0.494 e. The second-order valence-corrected chi connectivity index (χ2v) is 6.80. The van der Waals surface area contributed by atoms with E-state index in [1.807, 2.05) is 0 Å². The number of anilines is 3. The molecule has 1 heterocycles. The van der Waals surface area contributed by atoms with Crippen molar-refractivity contribution in [2.45, 2.75) is 13.3 Å². The van der Waals surface area contributed by atoms with Gasteiger partial charge in [-0.25, -0.2) is 9.37 Å². The Labute approximate surface area is 178 Å². The first-order valence-electron chi connectivity index (χ1n) is 9.02. The van der Waals surface area contributed by atoms with Crippen LogP contribution in [0.2, 0.25) is 5.02 Å². The van der Waals surface area contributed by atoms with Gasteiger partial charge in [-0.05, 0) is 29.8 Å². The van der Waals surface area contributed by atoms with Gasteiger partial charge in [0.2, 0.25) is 11.8 Å². The maximum atomic E-state index is 14.1. The van der Waals surface area contributed by atoms with Crippen molar-refractivity contribution in [3.63, 3.8) is 0 Å². The highest BCUT2D eigenvalue weighted by Crippen LogP contribution is 2.29. The normalized spacial score (nSPS) is 10.4. The Morgan fingerprint density at radius 1 is 1.17 bits per heavy atom. The molecule has 0 saturated carbocycles. The second kappa shape index (κ2) is 9.37. The van der Waals surface area contributed by atoms with Gasteiger partial charge in [0.05, 0.1) is 19.2 Å². The third kappa shape index (κ3) is 4.93. The predicted molar refractivity (Wildman–Crippen MR) is 114 cm³/mol. The molecular formula is C22H19ClFN3O3. The van der Waals surface area contributed by atoms with E-state index in [9.17, 15) is 14.0 Å². The van der Waals surface area contributed by atoms with E-state index < -0.39 is 5.82 Å². The van der Waals surface area contributed by atoms with Crippen LogP contribution in [0, 0.1) is 5.82 Å². The van der Waals surface area contributed by atoms with E-state index in [4.69, 9.17) is 16.3 Å². The fourth-order valence-corrected chi connectivity index (χ4v) is 3.11. The minimum Gasteiger partial charge on any atom is -0.494 e. The first-order valence-corrected chi connectivity index (χ1v) is 9.40. The predicted octanol–water partition coefficient (Wildman–Crippen LogP) is 4.75. The lowest BCUT2D eigenvalue weighted by molar-refractivity contribution is -0.116. The lowest BCUT2D eigenvalue weighted by atomic mass is 10.1. The molecule has 2 aromatic carbocycles. The van der Waals surface area contributed by atoms with Gasteiger partial charge in [0.25, 0.3) is 0 Å². The Kier molecular flexibility index (Phi) is 6.64. The van der Waals surface area contributed by atoms with E-state index in [0.29, 0.717) is 16.3 Å². The van der Waals surface area contributed by atoms with Gasteiger partial charge >= 0.3 is 0 Å². The Morgan fingerprint density at radius 2 is 1.93 bits per heavy atom. The minimum absolute atomic E-state index is 0.0656. The summed E-state index contributed by atoms with van der Waals surface area (Å²) in [6.45, 7) is 1.34. The van der Waals surface area contributed by atoms with Crippen molar-refractivity contribution in [3.8, 4) is 5.75 Å². The Bertz CT molecular complexity index is 1090. The van der Waals surface area contributed by atoms with Crippen molar-refractivity contribution < 1.29 is 18.7 Å². The average Bonchev–Trinajstić information content (AvgIpc) is 2.70. The summed E-state index contributed by atoms with van der Waals surface area (Å²) >= 11 is 6.10.